The minimum absolute atomic E-state index is 0.0294. The van der Waals surface area contributed by atoms with Gasteiger partial charge in [0.25, 0.3) is 0 Å². The zero-order chi connectivity index (χ0) is 22.3. The molecule has 0 bridgehead atoms. The van der Waals surface area contributed by atoms with E-state index < -0.39 is 11.9 Å². The molecule has 0 saturated carbocycles. The standard InChI is InChI=1S/C21H25F3N6O/c1-4-16-9-18(21(22,23)24)30-19(26-16)10-17(27-30)15-5-7-29(12-15)20(31)13(2)11-28-8-6-25-14(28)3/h6,8-10,13,15H,4-5,7,11-12H2,1-3H3/t13-,15-/m1/s1. The van der Waals surface area contributed by atoms with Gasteiger partial charge in [0.05, 0.1) is 11.6 Å². The van der Waals surface area contributed by atoms with Crippen LogP contribution in [0.15, 0.2) is 24.5 Å². The molecule has 1 amide bonds. The number of imidazole rings is 1. The van der Waals surface area contributed by atoms with Crippen LogP contribution in [0.5, 0.6) is 0 Å². The predicted octanol–water partition coefficient (Wildman–Crippen LogP) is 3.47. The van der Waals surface area contributed by atoms with Crippen molar-refractivity contribution in [3.63, 3.8) is 0 Å². The lowest BCUT2D eigenvalue weighted by molar-refractivity contribution is -0.142. The summed E-state index contributed by atoms with van der Waals surface area (Å²) in [5.74, 6) is 0.544. The number of carbonyl (C=O) groups excluding carboxylic acids is 1. The lowest BCUT2D eigenvalue weighted by Crippen LogP contribution is -2.35. The minimum Gasteiger partial charge on any atom is -0.342 e. The second-order valence-corrected chi connectivity index (χ2v) is 8.12. The number of fused-ring (bicyclic) bond motifs is 1. The number of alkyl halides is 3. The van der Waals surface area contributed by atoms with Crippen LogP contribution in [-0.4, -0.2) is 48.0 Å². The third-order valence-electron chi connectivity index (χ3n) is 5.89. The number of rotatable bonds is 5. The lowest BCUT2D eigenvalue weighted by atomic mass is 10.1. The van der Waals surface area contributed by atoms with Crippen molar-refractivity contribution in [3.05, 3.63) is 47.4 Å². The smallest absolute Gasteiger partial charge is 0.342 e. The highest BCUT2D eigenvalue weighted by Crippen LogP contribution is 2.32. The fourth-order valence-electron chi connectivity index (χ4n) is 4.11. The van der Waals surface area contributed by atoms with E-state index in [1.54, 1.807) is 24.1 Å². The Labute approximate surface area is 177 Å². The average molecular weight is 434 g/mol. The van der Waals surface area contributed by atoms with Gasteiger partial charge in [-0.1, -0.05) is 13.8 Å². The van der Waals surface area contributed by atoms with Crippen LogP contribution in [0, 0.1) is 12.8 Å². The van der Waals surface area contributed by atoms with Crippen molar-refractivity contribution >= 4 is 11.6 Å². The van der Waals surface area contributed by atoms with Gasteiger partial charge in [0.15, 0.2) is 5.65 Å². The molecule has 166 valence electrons. The molecule has 4 heterocycles. The number of likely N-dealkylation sites (tertiary alicyclic amines) is 1. The van der Waals surface area contributed by atoms with E-state index in [2.05, 4.69) is 15.1 Å². The summed E-state index contributed by atoms with van der Waals surface area (Å²) in [6.45, 7) is 7.08. The van der Waals surface area contributed by atoms with Crippen LogP contribution in [0.3, 0.4) is 0 Å². The Balaban J connectivity index is 1.52. The average Bonchev–Trinajstić information content (AvgIpc) is 3.45. The number of hydrogen-bond acceptors (Lipinski definition) is 4. The van der Waals surface area contributed by atoms with Crippen LogP contribution in [-0.2, 0) is 23.9 Å². The van der Waals surface area contributed by atoms with Gasteiger partial charge in [-0.3, -0.25) is 4.79 Å². The quantitative estimate of drug-likeness (QED) is 0.617. The Morgan fingerprint density at radius 1 is 1.32 bits per heavy atom. The molecule has 3 aromatic heterocycles. The van der Waals surface area contributed by atoms with Crippen LogP contribution < -0.4 is 0 Å². The molecule has 10 heteroatoms. The molecular formula is C21H25F3N6O. The molecule has 4 rings (SSSR count). The number of nitrogens with zero attached hydrogens (tertiary/aromatic N) is 6. The van der Waals surface area contributed by atoms with Crippen molar-refractivity contribution in [2.75, 3.05) is 13.1 Å². The summed E-state index contributed by atoms with van der Waals surface area (Å²) in [6, 6.07) is 2.67. The third kappa shape index (κ3) is 4.15. The van der Waals surface area contributed by atoms with Crippen LogP contribution in [0.25, 0.3) is 5.65 Å². The molecule has 1 fully saturated rings. The molecule has 0 N–H and O–H groups in total. The maximum Gasteiger partial charge on any atom is 0.433 e. The highest BCUT2D eigenvalue weighted by atomic mass is 19.4. The van der Waals surface area contributed by atoms with Gasteiger partial charge in [0.2, 0.25) is 5.91 Å². The summed E-state index contributed by atoms with van der Waals surface area (Å²) in [4.78, 5) is 23.2. The predicted molar refractivity (Wildman–Crippen MR) is 107 cm³/mol. The zero-order valence-electron chi connectivity index (χ0n) is 17.7. The first-order valence-electron chi connectivity index (χ1n) is 10.4. The number of carbonyl (C=O) groups is 1. The highest BCUT2D eigenvalue weighted by molar-refractivity contribution is 5.78. The largest absolute Gasteiger partial charge is 0.433 e. The fraction of sp³-hybridized carbons (Fsp3) is 0.524. The second kappa shape index (κ2) is 7.97. The summed E-state index contributed by atoms with van der Waals surface area (Å²) >= 11 is 0. The molecule has 7 nitrogen and oxygen atoms in total. The van der Waals surface area contributed by atoms with Gasteiger partial charge in [-0.15, -0.1) is 0 Å². The summed E-state index contributed by atoms with van der Waals surface area (Å²) in [5.41, 5.74) is 0.282. The second-order valence-electron chi connectivity index (χ2n) is 8.12. The first-order chi connectivity index (χ1) is 14.7. The molecule has 2 atom stereocenters. The Bertz CT molecular complexity index is 1100. The molecule has 3 aromatic rings. The van der Waals surface area contributed by atoms with Gasteiger partial charge >= 0.3 is 6.18 Å². The van der Waals surface area contributed by atoms with E-state index in [1.807, 2.05) is 24.6 Å². The molecular weight excluding hydrogens is 409 g/mol. The third-order valence-corrected chi connectivity index (χ3v) is 5.89. The number of aryl methyl sites for hydroxylation is 2. The van der Waals surface area contributed by atoms with Crippen molar-refractivity contribution in [1.82, 2.24) is 29.0 Å². The Kier molecular flexibility index (Phi) is 5.49. The van der Waals surface area contributed by atoms with E-state index in [0.29, 0.717) is 43.9 Å². The Morgan fingerprint density at radius 3 is 2.74 bits per heavy atom. The van der Waals surface area contributed by atoms with Crippen LogP contribution in [0.1, 0.15) is 49.1 Å². The fourth-order valence-corrected chi connectivity index (χ4v) is 4.11. The van der Waals surface area contributed by atoms with Gasteiger partial charge in [-0.2, -0.15) is 18.3 Å². The van der Waals surface area contributed by atoms with Gasteiger partial charge < -0.3 is 9.47 Å². The summed E-state index contributed by atoms with van der Waals surface area (Å²) in [5, 5.41) is 4.23. The van der Waals surface area contributed by atoms with E-state index in [-0.39, 0.29) is 23.4 Å². The SMILES string of the molecule is CCc1cc(C(F)(F)F)n2nc([C@@H]3CCN(C(=O)[C@H](C)Cn4ccnc4C)C3)cc2n1. The van der Waals surface area contributed by atoms with E-state index >= 15 is 0 Å². The summed E-state index contributed by atoms with van der Waals surface area (Å²) < 4.78 is 43.4. The van der Waals surface area contributed by atoms with Crippen molar-refractivity contribution in [2.24, 2.45) is 5.92 Å². The van der Waals surface area contributed by atoms with Crippen molar-refractivity contribution < 1.29 is 18.0 Å². The Hall–Kier alpha value is -2.91. The number of aromatic nitrogens is 5. The summed E-state index contributed by atoms with van der Waals surface area (Å²) in [6.07, 6.45) is 0.0921. The van der Waals surface area contributed by atoms with Crippen molar-refractivity contribution in [3.8, 4) is 0 Å². The van der Waals surface area contributed by atoms with Crippen LogP contribution >= 0.6 is 0 Å². The van der Waals surface area contributed by atoms with Crippen molar-refractivity contribution in [1.29, 1.82) is 0 Å². The van der Waals surface area contributed by atoms with Crippen LogP contribution in [0.2, 0.25) is 0 Å². The molecule has 31 heavy (non-hydrogen) atoms. The van der Waals surface area contributed by atoms with E-state index in [1.165, 1.54) is 0 Å². The summed E-state index contributed by atoms with van der Waals surface area (Å²) in [7, 11) is 0. The molecule has 0 aromatic carbocycles. The first-order valence-corrected chi connectivity index (χ1v) is 10.4. The molecule has 1 aliphatic heterocycles. The van der Waals surface area contributed by atoms with Gasteiger partial charge in [0.1, 0.15) is 11.5 Å². The first kappa shape index (κ1) is 21.3. The molecule has 0 spiro atoms. The monoisotopic (exact) mass is 434 g/mol. The van der Waals surface area contributed by atoms with Crippen LogP contribution in [0.4, 0.5) is 13.2 Å². The molecule has 0 unspecified atom stereocenters. The zero-order valence-corrected chi connectivity index (χ0v) is 17.7. The molecule has 1 saturated heterocycles. The normalized spacial score (nSPS) is 18.1. The van der Waals surface area contributed by atoms with E-state index in [0.717, 1.165) is 16.4 Å². The van der Waals surface area contributed by atoms with Gasteiger partial charge in [-0.05, 0) is 25.8 Å². The topological polar surface area (TPSA) is 68.3 Å². The lowest BCUT2D eigenvalue weighted by Gasteiger charge is -2.21. The van der Waals surface area contributed by atoms with Gasteiger partial charge in [0, 0.05) is 49.7 Å². The highest BCUT2D eigenvalue weighted by Gasteiger charge is 2.36. The number of amides is 1. The van der Waals surface area contributed by atoms with E-state index in [9.17, 15) is 18.0 Å². The minimum atomic E-state index is -4.52. The molecule has 0 aliphatic carbocycles. The Morgan fingerprint density at radius 2 is 2.10 bits per heavy atom. The maximum atomic E-state index is 13.5. The number of halogens is 3. The molecule has 1 aliphatic rings. The molecule has 0 radical (unpaired) electrons. The van der Waals surface area contributed by atoms with Crippen molar-refractivity contribution in [2.45, 2.75) is 52.3 Å². The maximum absolute atomic E-state index is 13.5. The van der Waals surface area contributed by atoms with E-state index in [4.69, 9.17) is 0 Å². The number of hydrogen-bond donors (Lipinski definition) is 0. The van der Waals surface area contributed by atoms with Gasteiger partial charge in [-0.25, -0.2) is 14.5 Å².